The van der Waals surface area contributed by atoms with Crippen LogP contribution in [-0.4, -0.2) is 12.6 Å². The zero-order valence-corrected chi connectivity index (χ0v) is 12.3. The summed E-state index contributed by atoms with van der Waals surface area (Å²) in [7, 11) is 0. The van der Waals surface area contributed by atoms with E-state index in [9.17, 15) is 4.39 Å². The quantitative estimate of drug-likeness (QED) is 0.882. The molecule has 0 amide bonds. The molecule has 2 atom stereocenters. The third kappa shape index (κ3) is 3.95. The van der Waals surface area contributed by atoms with E-state index in [1.54, 1.807) is 37.3 Å². The van der Waals surface area contributed by atoms with E-state index in [0.29, 0.717) is 23.7 Å². The van der Waals surface area contributed by atoms with Crippen LogP contribution in [-0.2, 0) is 0 Å². The lowest BCUT2D eigenvalue weighted by Gasteiger charge is -2.23. The Morgan fingerprint density at radius 1 is 1.10 bits per heavy atom. The van der Waals surface area contributed by atoms with Crippen molar-refractivity contribution >= 4 is 0 Å². The van der Waals surface area contributed by atoms with Crippen LogP contribution in [0.3, 0.4) is 0 Å². The van der Waals surface area contributed by atoms with Gasteiger partial charge < -0.3 is 15.2 Å². The minimum atomic E-state index is -0.553. The van der Waals surface area contributed by atoms with Crippen LogP contribution in [0.2, 0.25) is 0 Å². The average molecular weight is 289 g/mol. The van der Waals surface area contributed by atoms with Gasteiger partial charge in [0.25, 0.3) is 0 Å². The Balaban J connectivity index is 2.25. The summed E-state index contributed by atoms with van der Waals surface area (Å²) >= 11 is 0. The van der Waals surface area contributed by atoms with E-state index >= 15 is 0 Å². The molecule has 0 saturated carbocycles. The second kappa shape index (κ2) is 7.09. The van der Waals surface area contributed by atoms with Crippen LogP contribution in [0.5, 0.6) is 11.5 Å². The molecule has 0 aliphatic heterocycles. The number of rotatable bonds is 6. The Morgan fingerprint density at radius 3 is 2.48 bits per heavy atom. The van der Waals surface area contributed by atoms with Crippen LogP contribution in [0.4, 0.5) is 4.39 Å². The molecule has 2 aromatic carbocycles. The van der Waals surface area contributed by atoms with Gasteiger partial charge in [0.05, 0.1) is 6.61 Å². The van der Waals surface area contributed by atoms with Crippen LogP contribution in [0.15, 0.2) is 48.5 Å². The van der Waals surface area contributed by atoms with E-state index < -0.39 is 6.10 Å². The molecule has 0 spiro atoms. The van der Waals surface area contributed by atoms with Gasteiger partial charge in [-0.2, -0.15) is 0 Å². The van der Waals surface area contributed by atoms with Crippen LogP contribution < -0.4 is 15.2 Å². The summed E-state index contributed by atoms with van der Waals surface area (Å²) in [6, 6.07) is 13.4. The van der Waals surface area contributed by atoms with E-state index in [-0.39, 0.29) is 11.9 Å². The fourth-order valence-electron chi connectivity index (χ4n) is 2.11. The highest BCUT2D eigenvalue weighted by molar-refractivity contribution is 5.34. The third-order valence-corrected chi connectivity index (χ3v) is 3.07. The highest BCUT2D eigenvalue weighted by Crippen LogP contribution is 2.28. The molecule has 0 aliphatic carbocycles. The summed E-state index contributed by atoms with van der Waals surface area (Å²) in [4.78, 5) is 0. The van der Waals surface area contributed by atoms with Crippen LogP contribution in [0.1, 0.15) is 25.5 Å². The third-order valence-electron chi connectivity index (χ3n) is 3.07. The van der Waals surface area contributed by atoms with Gasteiger partial charge in [0.2, 0.25) is 0 Å². The van der Waals surface area contributed by atoms with E-state index in [4.69, 9.17) is 15.2 Å². The molecule has 0 radical (unpaired) electrons. The van der Waals surface area contributed by atoms with Crippen molar-refractivity contribution in [2.75, 3.05) is 6.61 Å². The van der Waals surface area contributed by atoms with Gasteiger partial charge in [-0.25, -0.2) is 4.39 Å². The lowest BCUT2D eigenvalue weighted by atomic mass is 10.0. The summed E-state index contributed by atoms with van der Waals surface area (Å²) in [5, 5.41) is 0. The van der Waals surface area contributed by atoms with Crippen molar-refractivity contribution in [3.63, 3.8) is 0 Å². The smallest absolute Gasteiger partial charge is 0.141 e. The molecule has 0 saturated heterocycles. The Kier molecular flexibility index (Phi) is 5.17. The van der Waals surface area contributed by atoms with Crippen molar-refractivity contribution in [2.45, 2.75) is 26.0 Å². The summed E-state index contributed by atoms with van der Waals surface area (Å²) in [5.41, 5.74) is 6.41. The normalized spacial score (nSPS) is 13.5. The fourth-order valence-corrected chi connectivity index (χ4v) is 2.11. The topological polar surface area (TPSA) is 44.5 Å². The molecule has 0 bridgehead atoms. The Labute approximate surface area is 124 Å². The number of halogens is 1. The molecular weight excluding hydrogens is 269 g/mol. The predicted molar refractivity (Wildman–Crippen MR) is 81.0 cm³/mol. The molecule has 3 nitrogen and oxygen atoms in total. The first-order valence-corrected chi connectivity index (χ1v) is 7.01. The van der Waals surface area contributed by atoms with Gasteiger partial charge in [0, 0.05) is 17.7 Å². The molecule has 0 fully saturated rings. The molecule has 4 heteroatoms. The molecule has 0 aromatic heterocycles. The number of nitrogens with two attached hydrogens (primary N) is 1. The molecule has 2 aromatic rings. The average Bonchev–Trinajstić information content (AvgIpc) is 2.46. The molecule has 21 heavy (non-hydrogen) atoms. The second-order valence-electron chi connectivity index (χ2n) is 4.83. The summed E-state index contributed by atoms with van der Waals surface area (Å²) in [5.74, 6) is 0.999. The van der Waals surface area contributed by atoms with Crippen LogP contribution in [0.25, 0.3) is 0 Å². The van der Waals surface area contributed by atoms with Gasteiger partial charge in [-0.05, 0) is 32.0 Å². The van der Waals surface area contributed by atoms with Crippen molar-refractivity contribution in [3.05, 3.63) is 59.9 Å². The summed E-state index contributed by atoms with van der Waals surface area (Å²) in [6.07, 6.45) is -0.553. The first-order valence-electron chi connectivity index (χ1n) is 7.01. The molecule has 2 rings (SSSR count). The van der Waals surface area contributed by atoms with Gasteiger partial charge in [-0.1, -0.05) is 24.3 Å². The molecule has 112 valence electrons. The predicted octanol–water partition coefficient (Wildman–Crippen LogP) is 3.69. The number of hydrogen-bond acceptors (Lipinski definition) is 3. The Bertz CT molecular complexity index is 587. The SMILES string of the molecule is CCOc1cccc(OC(c2ccccc2F)C(C)N)c1. The maximum atomic E-state index is 13.9. The number of ether oxygens (including phenoxy) is 2. The van der Waals surface area contributed by atoms with Gasteiger partial charge in [0.1, 0.15) is 23.4 Å². The van der Waals surface area contributed by atoms with Crippen molar-refractivity contribution in [1.82, 2.24) is 0 Å². The van der Waals surface area contributed by atoms with E-state index in [1.807, 2.05) is 19.1 Å². The first-order chi connectivity index (χ1) is 10.1. The Hall–Kier alpha value is -2.07. The maximum absolute atomic E-state index is 13.9. The van der Waals surface area contributed by atoms with E-state index in [0.717, 1.165) is 0 Å². The minimum absolute atomic E-state index is 0.319. The summed E-state index contributed by atoms with van der Waals surface area (Å²) < 4.78 is 25.3. The van der Waals surface area contributed by atoms with E-state index in [1.165, 1.54) is 6.07 Å². The zero-order valence-electron chi connectivity index (χ0n) is 12.3. The maximum Gasteiger partial charge on any atom is 0.141 e. The fraction of sp³-hybridized carbons (Fsp3) is 0.294. The van der Waals surface area contributed by atoms with Crippen molar-refractivity contribution < 1.29 is 13.9 Å². The minimum Gasteiger partial charge on any atom is -0.494 e. The van der Waals surface area contributed by atoms with Crippen molar-refractivity contribution in [1.29, 1.82) is 0 Å². The second-order valence-corrected chi connectivity index (χ2v) is 4.83. The molecule has 2 unspecified atom stereocenters. The van der Waals surface area contributed by atoms with E-state index in [2.05, 4.69) is 0 Å². The number of benzene rings is 2. The van der Waals surface area contributed by atoms with Gasteiger partial charge in [0.15, 0.2) is 0 Å². The van der Waals surface area contributed by atoms with Gasteiger partial charge >= 0.3 is 0 Å². The molecule has 0 aliphatic rings. The highest BCUT2D eigenvalue weighted by Gasteiger charge is 2.21. The lowest BCUT2D eigenvalue weighted by Crippen LogP contribution is -2.29. The van der Waals surface area contributed by atoms with Gasteiger partial charge in [-0.3, -0.25) is 0 Å². The standard InChI is InChI=1S/C17H20FNO2/c1-3-20-13-7-6-8-14(11-13)21-17(12(2)19)15-9-4-5-10-16(15)18/h4-12,17H,3,19H2,1-2H3. The monoisotopic (exact) mass is 289 g/mol. The van der Waals surface area contributed by atoms with Crippen molar-refractivity contribution in [2.24, 2.45) is 5.73 Å². The van der Waals surface area contributed by atoms with Crippen LogP contribution >= 0.6 is 0 Å². The largest absolute Gasteiger partial charge is 0.494 e. The number of hydrogen-bond donors (Lipinski definition) is 1. The highest BCUT2D eigenvalue weighted by atomic mass is 19.1. The molecule has 0 heterocycles. The molecular formula is C17H20FNO2. The lowest BCUT2D eigenvalue weighted by molar-refractivity contribution is 0.175. The zero-order chi connectivity index (χ0) is 15.2. The Morgan fingerprint density at radius 2 is 1.81 bits per heavy atom. The van der Waals surface area contributed by atoms with Crippen molar-refractivity contribution in [3.8, 4) is 11.5 Å². The van der Waals surface area contributed by atoms with Gasteiger partial charge in [-0.15, -0.1) is 0 Å². The summed E-state index contributed by atoms with van der Waals surface area (Å²) in [6.45, 7) is 4.29. The first kappa shape index (κ1) is 15.3. The van der Waals surface area contributed by atoms with Crippen LogP contribution in [0, 0.1) is 5.82 Å². The molecule has 2 N–H and O–H groups in total.